The first kappa shape index (κ1) is 13.2. The van der Waals surface area contributed by atoms with Gasteiger partial charge in [0.2, 0.25) is 0 Å². The Kier molecular flexibility index (Phi) is 4.10. The van der Waals surface area contributed by atoms with Crippen LogP contribution in [0.25, 0.3) is 0 Å². The van der Waals surface area contributed by atoms with Crippen molar-refractivity contribution in [3.63, 3.8) is 0 Å². The second-order valence-electron chi connectivity index (χ2n) is 4.05. The van der Waals surface area contributed by atoms with E-state index >= 15 is 0 Å². The van der Waals surface area contributed by atoms with Gasteiger partial charge in [-0.05, 0) is 48.4 Å². The lowest BCUT2D eigenvalue weighted by molar-refractivity contribution is 0.625. The molecule has 2 aromatic rings. The fraction of sp³-hybridized carbons (Fsp3) is 0.143. The van der Waals surface area contributed by atoms with Crippen molar-refractivity contribution >= 4 is 28.9 Å². The van der Waals surface area contributed by atoms with E-state index in [1.807, 2.05) is 13.0 Å². The zero-order valence-corrected chi connectivity index (χ0v) is 11.3. The first-order valence-corrected chi connectivity index (χ1v) is 6.26. The van der Waals surface area contributed by atoms with Gasteiger partial charge in [-0.2, -0.15) is 0 Å². The molecule has 1 nitrogen and oxygen atoms in total. The minimum Gasteiger partial charge on any atom is -0.381 e. The van der Waals surface area contributed by atoms with Gasteiger partial charge in [-0.15, -0.1) is 0 Å². The van der Waals surface area contributed by atoms with Crippen LogP contribution < -0.4 is 5.32 Å². The van der Waals surface area contributed by atoms with Gasteiger partial charge < -0.3 is 5.32 Å². The lowest BCUT2D eigenvalue weighted by atomic mass is 10.1. The van der Waals surface area contributed by atoms with Gasteiger partial charge in [-0.25, -0.2) is 4.39 Å². The van der Waals surface area contributed by atoms with Crippen LogP contribution in [0.4, 0.5) is 10.1 Å². The Morgan fingerprint density at radius 2 is 1.83 bits per heavy atom. The Hall–Kier alpha value is -1.25. The third-order valence-electron chi connectivity index (χ3n) is 2.71. The van der Waals surface area contributed by atoms with Crippen molar-refractivity contribution in [2.45, 2.75) is 13.5 Å². The van der Waals surface area contributed by atoms with Crippen molar-refractivity contribution in [3.05, 3.63) is 63.4 Å². The molecule has 0 aliphatic carbocycles. The Morgan fingerprint density at radius 3 is 2.50 bits per heavy atom. The summed E-state index contributed by atoms with van der Waals surface area (Å²) in [6, 6.07) is 10.1. The molecule has 0 radical (unpaired) electrons. The lowest BCUT2D eigenvalue weighted by Gasteiger charge is -2.10. The molecule has 0 saturated carbocycles. The highest BCUT2D eigenvalue weighted by Gasteiger charge is 2.02. The third-order valence-corrected chi connectivity index (χ3v) is 3.45. The summed E-state index contributed by atoms with van der Waals surface area (Å²) in [5.41, 5.74) is 2.85. The summed E-state index contributed by atoms with van der Waals surface area (Å²) in [5, 5.41) is 4.26. The predicted molar refractivity (Wildman–Crippen MR) is 74.9 cm³/mol. The van der Waals surface area contributed by atoms with Crippen molar-refractivity contribution in [2.24, 2.45) is 0 Å². The average molecular weight is 284 g/mol. The van der Waals surface area contributed by atoms with Crippen molar-refractivity contribution in [3.8, 4) is 0 Å². The van der Waals surface area contributed by atoms with Gasteiger partial charge in [0, 0.05) is 12.2 Å². The summed E-state index contributed by atoms with van der Waals surface area (Å²) in [4.78, 5) is 0. The molecule has 1 N–H and O–H groups in total. The summed E-state index contributed by atoms with van der Waals surface area (Å²) in [5.74, 6) is -0.217. The molecule has 0 spiro atoms. The maximum absolute atomic E-state index is 13.0. The molecule has 0 amide bonds. The fourth-order valence-corrected chi connectivity index (χ4v) is 1.96. The normalized spacial score (nSPS) is 10.4. The van der Waals surface area contributed by atoms with Gasteiger partial charge in [0.25, 0.3) is 0 Å². The molecule has 0 bridgehead atoms. The number of benzene rings is 2. The van der Waals surface area contributed by atoms with Crippen LogP contribution in [0.2, 0.25) is 10.0 Å². The van der Waals surface area contributed by atoms with E-state index in [1.165, 1.54) is 12.1 Å². The van der Waals surface area contributed by atoms with Crippen LogP contribution in [0.1, 0.15) is 11.1 Å². The molecule has 0 aliphatic heterocycles. The van der Waals surface area contributed by atoms with Gasteiger partial charge in [0.15, 0.2) is 0 Å². The molecule has 2 aromatic carbocycles. The smallest absolute Gasteiger partial charge is 0.123 e. The number of anilines is 1. The number of hydrogen-bond donors (Lipinski definition) is 1. The Bertz CT molecular complexity index is 570. The molecule has 0 heterocycles. The van der Waals surface area contributed by atoms with E-state index in [0.717, 1.165) is 16.8 Å². The molecule has 0 unspecified atom stereocenters. The predicted octanol–water partition coefficient (Wildman–Crippen LogP) is 5.05. The highest BCUT2D eigenvalue weighted by molar-refractivity contribution is 6.42. The number of nitrogens with one attached hydrogen (secondary N) is 1. The van der Waals surface area contributed by atoms with Crippen LogP contribution in [-0.4, -0.2) is 0 Å². The third kappa shape index (κ3) is 3.15. The van der Waals surface area contributed by atoms with Crippen LogP contribution in [-0.2, 0) is 6.54 Å². The number of halogens is 3. The largest absolute Gasteiger partial charge is 0.381 e. The molecular formula is C14H12Cl2FN. The molecular weight excluding hydrogens is 272 g/mol. The Labute approximate surface area is 116 Å². The van der Waals surface area contributed by atoms with E-state index in [2.05, 4.69) is 5.32 Å². The molecule has 4 heteroatoms. The quantitative estimate of drug-likeness (QED) is 0.831. The van der Waals surface area contributed by atoms with E-state index in [9.17, 15) is 4.39 Å². The first-order valence-electron chi connectivity index (χ1n) is 5.50. The second-order valence-corrected chi connectivity index (χ2v) is 4.87. The number of rotatable bonds is 3. The van der Waals surface area contributed by atoms with E-state index in [-0.39, 0.29) is 5.82 Å². The molecule has 2 rings (SSSR count). The van der Waals surface area contributed by atoms with E-state index in [0.29, 0.717) is 16.6 Å². The van der Waals surface area contributed by atoms with Gasteiger partial charge in [-0.3, -0.25) is 0 Å². The van der Waals surface area contributed by atoms with Crippen molar-refractivity contribution in [1.82, 2.24) is 0 Å². The number of hydrogen-bond acceptors (Lipinski definition) is 1. The molecule has 0 atom stereocenters. The van der Waals surface area contributed by atoms with Crippen LogP contribution >= 0.6 is 23.2 Å². The van der Waals surface area contributed by atoms with Crippen molar-refractivity contribution in [2.75, 3.05) is 5.32 Å². The van der Waals surface area contributed by atoms with Crippen LogP contribution in [0.3, 0.4) is 0 Å². The Balaban J connectivity index is 2.09. The molecule has 0 saturated heterocycles. The maximum Gasteiger partial charge on any atom is 0.123 e. The van der Waals surface area contributed by atoms with Gasteiger partial charge in [0.1, 0.15) is 5.82 Å². The highest BCUT2D eigenvalue weighted by Crippen LogP contribution is 2.25. The highest BCUT2D eigenvalue weighted by atomic mass is 35.5. The van der Waals surface area contributed by atoms with Crippen molar-refractivity contribution in [1.29, 1.82) is 0 Å². The fourth-order valence-electron chi connectivity index (χ4n) is 1.66. The maximum atomic E-state index is 13.0. The SMILES string of the molecule is Cc1cc(F)ccc1CNc1ccc(Cl)c(Cl)c1. The second kappa shape index (κ2) is 5.59. The van der Waals surface area contributed by atoms with Gasteiger partial charge in [-0.1, -0.05) is 29.3 Å². The first-order chi connectivity index (χ1) is 8.56. The lowest BCUT2D eigenvalue weighted by Crippen LogP contribution is -2.01. The van der Waals surface area contributed by atoms with Crippen molar-refractivity contribution < 1.29 is 4.39 Å². The minimum atomic E-state index is -0.217. The van der Waals surface area contributed by atoms with E-state index in [1.54, 1.807) is 18.2 Å². The molecule has 0 fully saturated rings. The zero-order valence-electron chi connectivity index (χ0n) is 9.81. The summed E-state index contributed by atoms with van der Waals surface area (Å²) in [6.07, 6.45) is 0. The molecule has 18 heavy (non-hydrogen) atoms. The van der Waals surface area contributed by atoms with Crippen LogP contribution in [0.15, 0.2) is 36.4 Å². The standard InChI is InChI=1S/C14H12Cl2FN/c1-9-6-11(17)3-2-10(9)8-18-12-4-5-13(15)14(16)7-12/h2-7,18H,8H2,1H3. The van der Waals surface area contributed by atoms with Gasteiger partial charge >= 0.3 is 0 Å². The summed E-state index contributed by atoms with van der Waals surface area (Å²) >= 11 is 11.8. The zero-order chi connectivity index (χ0) is 13.1. The average Bonchev–Trinajstić information content (AvgIpc) is 2.32. The summed E-state index contributed by atoms with van der Waals surface area (Å²) in [7, 11) is 0. The summed E-state index contributed by atoms with van der Waals surface area (Å²) < 4.78 is 13.0. The number of aryl methyl sites for hydroxylation is 1. The monoisotopic (exact) mass is 283 g/mol. The van der Waals surface area contributed by atoms with E-state index in [4.69, 9.17) is 23.2 Å². The molecule has 0 aromatic heterocycles. The van der Waals surface area contributed by atoms with Crippen LogP contribution in [0, 0.1) is 12.7 Å². The minimum absolute atomic E-state index is 0.217. The van der Waals surface area contributed by atoms with Crippen LogP contribution in [0.5, 0.6) is 0 Å². The Morgan fingerprint density at radius 1 is 1.06 bits per heavy atom. The molecule has 94 valence electrons. The molecule has 0 aliphatic rings. The summed E-state index contributed by atoms with van der Waals surface area (Å²) in [6.45, 7) is 2.50. The van der Waals surface area contributed by atoms with E-state index < -0.39 is 0 Å². The topological polar surface area (TPSA) is 12.0 Å². The van der Waals surface area contributed by atoms with Gasteiger partial charge in [0.05, 0.1) is 10.0 Å².